The Morgan fingerprint density at radius 2 is 2.00 bits per heavy atom. The monoisotopic (exact) mass is 236 g/mol. The Morgan fingerprint density at radius 1 is 1.29 bits per heavy atom. The number of nitrogens with zero attached hydrogens (tertiary/aromatic N) is 2. The fourth-order valence-electron chi connectivity index (χ4n) is 1.91. The van der Waals surface area contributed by atoms with Crippen LogP contribution in [0.2, 0.25) is 0 Å². The maximum atomic E-state index is 5.52. The number of aromatic nitrogens is 1. The molecule has 0 atom stereocenters. The largest absolute Gasteiger partial charge is 0.353 e. The molecule has 0 saturated carbocycles. The molecule has 1 fully saturated rings. The summed E-state index contributed by atoms with van der Waals surface area (Å²) in [6, 6.07) is 4.09. The number of hydrogen-bond acceptors (Lipinski definition) is 4. The van der Waals surface area contributed by atoms with E-state index in [0.29, 0.717) is 0 Å². The van der Waals surface area contributed by atoms with Gasteiger partial charge in [0.2, 0.25) is 0 Å². The summed E-state index contributed by atoms with van der Waals surface area (Å²) in [7, 11) is 2.11. The number of rotatable bonds is 5. The first-order valence-electron chi connectivity index (χ1n) is 6.15. The lowest BCUT2D eigenvalue weighted by molar-refractivity contribution is -0.182. The normalized spacial score (nSPS) is 17.5. The maximum Gasteiger partial charge on any atom is 0.158 e. The summed E-state index contributed by atoms with van der Waals surface area (Å²) in [4.78, 5) is 6.29. The molecule has 0 amide bonds. The van der Waals surface area contributed by atoms with Crippen LogP contribution in [-0.2, 0) is 16.0 Å². The van der Waals surface area contributed by atoms with Crippen LogP contribution in [0, 0.1) is 0 Å². The molecule has 2 rings (SSSR count). The SMILES string of the molecule is CN(CCC1OCCCO1)Cc1ccncc1. The van der Waals surface area contributed by atoms with Crippen LogP contribution < -0.4 is 0 Å². The third-order valence-electron chi connectivity index (χ3n) is 2.84. The molecule has 17 heavy (non-hydrogen) atoms. The zero-order chi connectivity index (χ0) is 11.9. The molecular formula is C13H20N2O2. The summed E-state index contributed by atoms with van der Waals surface area (Å²) in [5.41, 5.74) is 1.29. The topological polar surface area (TPSA) is 34.6 Å². The third kappa shape index (κ3) is 4.42. The molecule has 1 aromatic rings. The molecule has 4 heteroatoms. The fraction of sp³-hybridized carbons (Fsp3) is 0.615. The minimum atomic E-state index is -0.0105. The summed E-state index contributed by atoms with van der Waals surface area (Å²) in [5.74, 6) is 0. The van der Waals surface area contributed by atoms with Gasteiger partial charge in [0.15, 0.2) is 6.29 Å². The highest BCUT2D eigenvalue weighted by Gasteiger charge is 2.14. The van der Waals surface area contributed by atoms with E-state index in [1.165, 1.54) is 5.56 Å². The van der Waals surface area contributed by atoms with Crippen molar-refractivity contribution in [1.82, 2.24) is 9.88 Å². The third-order valence-corrected chi connectivity index (χ3v) is 2.84. The molecule has 0 N–H and O–H groups in total. The molecule has 1 aliphatic heterocycles. The van der Waals surface area contributed by atoms with Gasteiger partial charge in [-0.1, -0.05) is 0 Å². The van der Waals surface area contributed by atoms with Crippen molar-refractivity contribution in [2.45, 2.75) is 25.7 Å². The second kappa shape index (κ2) is 6.69. The molecule has 4 nitrogen and oxygen atoms in total. The molecule has 94 valence electrons. The summed E-state index contributed by atoms with van der Waals surface area (Å²) in [6.07, 6.45) is 5.60. The van der Waals surface area contributed by atoms with Crippen molar-refractivity contribution in [3.8, 4) is 0 Å². The summed E-state index contributed by atoms with van der Waals surface area (Å²) >= 11 is 0. The lowest BCUT2D eigenvalue weighted by atomic mass is 10.2. The average Bonchev–Trinajstić information content (AvgIpc) is 2.39. The Morgan fingerprint density at radius 3 is 2.71 bits per heavy atom. The van der Waals surface area contributed by atoms with E-state index in [2.05, 4.69) is 16.9 Å². The van der Waals surface area contributed by atoms with Gasteiger partial charge in [-0.2, -0.15) is 0 Å². The van der Waals surface area contributed by atoms with E-state index < -0.39 is 0 Å². The van der Waals surface area contributed by atoms with E-state index in [1.807, 2.05) is 24.5 Å². The predicted molar refractivity (Wildman–Crippen MR) is 65.5 cm³/mol. The van der Waals surface area contributed by atoms with Crippen molar-refractivity contribution in [3.63, 3.8) is 0 Å². The maximum absolute atomic E-state index is 5.52. The van der Waals surface area contributed by atoms with Gasteiger partial charge in [-0.05, 0) is 31.2 Å². The Bertz CT molecular complexity index is 312. The Hall–Kier alpha value is -0.970. The zero-order valence-corrected chi connectivity index (χ0v) is 10.3. The standard InChI is InChI=1S/C13H20N2O2/c1-15(11-12-3-6-14-7-4-12)8-5-13-16-9-2-10-17-13/h3-4,6-7,13H,2,5,8-11H2,1H3. The van der Waals surface area contributed by atoms with Crippen molar-refractivity contribution in [3.05, 3.63) is 30.1 Å². The molecule has 0 bridgehead atoms. The number of ether oxygens (including phenoxy) is 2. The second-order valence-electron chi connectivity index (χ2n) is 4.41. The molecule has 2 heterocycles. The van der Waals surface area contributed by atoms with Gasteiger partial charge in [0.05, 0.1) is 13.2 Å². The van der Waals surface area contributed by atoms with Crippen LogP contribution in [0.15, 0.2) is 24.5 Å². The van der Waals surface area contributed by atoms with Crippen molar-refractivity contribution >= 4 is 0 Å². The van der Waals surface area contributed by atoms with Gasteiger partial charge in [0.1, 0.15) is 0 Å². The molecule has 0 spiro atoms. The Kier molecular flexibility index (Phi) is 4.91. The molecule has 1 aliphatic rings. The van der Waals surface area contributed by atoms with Crippen LogP contribution in [0.5, 0.6) is 0 Å². The fourth-order valence-corrected chi connectivity index (χ4v) is 1.91. The molecule has 0 aliphatic carbocycles. The number of hydrogen-bond donors (Lipinski definition) is 0. The molecular weight excluding hydrogens is 216 g/mol. The van der Waals surface area contributed by atoms with E-state index >= 15 is 0 Å². The summed E-state index contributed by atoms with van der Waals surface area (Å²) in [6.45, 7) is 3.58. The van der Waals surface area contributed by atoms with Gasteiger partial charge in [-0.25, -0.2) is 0 Å². The van der Waals surface area contributed by atoms with E-state index in [1.54, 1.807) is 0 Å². The minimum Gasteiger partial charge on any atom is -0.353 e. The van der Waals surface area contributed by atoms with Crippen molar-refractivity contribution in [2.75, 3.05) is 26.8 Å². The number of pyridine rings is 1. The average molecular weight is 236 g/mol. The Labute approximate surface area is 103 Å². The van der Waals surface area contributed by atoms with Crippen molar-refractivity contribution < 1.29 is 9.47 Å². The van der Waals surface area contributed by atoms with E-state index in [9.17, 15) is 0 Å². The highest BCUT2D eigenvalue weighted by atomic mass is 16.7. The molecule has 0 unspecified atom stereocenters. The first-order chi connectivity index (χ1) is 8.34. The first-order valence-corrected chi connectivity index (χ1v) is 6.15. The molecule has 0 aromatic carbocycles. The highest BCUT2D eigenvalue weighted by Crippen LogP contribution is 2.10. The summed E-state index contributed by atoms with van der Waals surface area (Å²) < 4.78 is 11.0. The van der Waals surface area contributed by atoms with Crippen LogP contribution in [0.1, 0.15) is 18.4 Å². The van der Waals surface area contributed by atoms with Gasteiger partial charge >= 0.3 is 0 Å². The lowest BCUT2D eigenvalue weighted by Crippen LogP contribution is -2.29. The zero-order valence-electron chi connectivity index (χ0n) is 10.3. The predicted octanol–water partition coefficient (Wildman–Crippen LogP) is 1.67. The Balaban J connectivity index is 1.68. The van der Waals surface area contributed by atoms with Crippen molar-refractivity contribution in [2.24, 2.45) is 0 Å². The smallest absolute Gasteiger partial charge is 0.158 e. The highest BCUT2D eigenvalue weighted by molar-refractivity contribution is 5.09. The van der Waals surface area contributed by atoms with Gasteiger partial charge < -0.3 is 14.4 Å². The van der Waals surface area contributed by atoms with Crippen LogP contribution in [0.3, 0.4) is 0 Å². The second-order valence-corrected chi connectivity index (χ2v) is 4.41. The quantitative estimate of drug-likeness (QED) is 0.779. The van der Waals surface area contributed by atoms with Gasteiger partial charge in [0, 0.05) is 31.9 Å². The molecule has 1 saturated heterocycles. The minimum absolute atomic E-state index is 0.0105. The first kappa shape index (κ1) is 12.5. The van der Waals surface area contributed by atoms with E-state index in [0.717, 1.165) is 39.1 Å². The lowest BCUT2D eigenvalue weighted by Gasteiger charge is -2.25. The van der Waals surface area contributed by atoms with Crippen LogP contribution >= 0.6 is 0 Å². The van der Waals surface area contributed by atoms with Crippen LogP contribution in [-0.4, -0.2) is 43.0 Å². The van der Waals surface area contributed by atoms with Crippen molar-refractivity contribution in [1.29, 1.82) is 0 Å². The van der Waals surface area contributed by atoms with E-state index in [4.69, 9.17) is 9.47 Å². The van der Waals surface area contributed by atoms with Crippen LogP contribution in [0.25, 0.3) is 0 Å². The molecule has 1 aromatic heterocycles. The molecule has 0 radical (unpaired) electrons. The van der Waals surface area contributed by atoms with E-state index in [-0.39, 0.29) is 6.29 Å². The van der Waals surface area contributed by atoms with Gasteiger partial charge in [0.25, 0.3) is 0 Å². The van der Waals surface area contributed by atoms with Gasteiger partial charge in [-0.3, -0.25) is 4.98 Å². The van der Waals surface area contributed by atoms with Crippen LogP contribution in [0.4, 0.5) is 0 Å². The summed E-state index contributed by atoms with van der Waals surface area (Å²) in [5, 5.41) is 0. The van der Waals surface area contributed by atoms with Gasteiger partial charge in [-0.15, -0.1) is 0 Å².